The second-order valence-electron chi connectivity index (χ2n) is 3.78. The van der Waals surface area contributed by atoms with E-state index in [2.05, 4.69) is 6.92 Å². The molecule has 15 heavy (non-hydrogen) atoms. The summed E-state index contributed by atoms with van der Waals surface area (Å²) in [6.45, 7) is 2.33. The SMILES string of the molecule is CCC(CC(O)CN)c1ccc(F)cc1. The highest BCUT2D eigenvalue weighted by atomic mass is 19.1. The summed E-state index contributed by atoms with van der Waals surface area (Å²) >= 11 is 0. The topological polar surface area (TPSA) is 46.2 Å². The lowest BCUT2D eigenvalue weighted by Gasteiger charge is -2.18. The molecule has 0 spiro atoms. The van der Waals surface area contributed by atoms with Crippen LogP contribution in [-0.2, 0) is 0 Å². The molecular formula is C12H18FNO. The molecule has 0 heterocycles. The molecule has 1 aromatic rings. The Morgan fingerprint density at radius 3 is 2.40 bits per heavy atom. The molecule has 0 radical (unpaired) electrons. The van der Waals surface area contributed by atoms with Crippen molar-refractivity contribution in [3.05, 3.63) is 35.6 Å². The van der Waals surface area contributed by atoms with E-state index in [0.29, 0.717) is 6.42 Å². The number of hydrogen-bond donors (Lipinski definition) is 2. The Morgan fingerprint density at radius 1 is 1.33 bits per heavy atom. The Labute approximate surface area is 89.9 Å². The van der Waals surface area contributed by atoms with E-state index in [1.54, 1.807) is 12.1 Å². The van der Waals surface area contributed by atoms with Crippen LogP contribution in [0.4, 0.5) is 4.39 Å². The summed E-state index contributed by atoms with van der Waals surface area (Å²) in [6.07, 6.45) is 1.08. The van der Waals surface area contributed by atoms with Crippen LogP contribution in [0.1, 0.15) is 31.2 Å². The van der Waals surface area contributed by atoms with Crippen LogP contribution in [0.25, 0.3) is 0 Å². The summed E-state index contributed by atoms with van der Waals surface area (Å²) in [5.74, 6) is 0.0251. The summed E-state index contributed by atoms with van der Waals surface area (Å²) in [6, 6.07) is 6.44. The smallest absolute Gasteiger partial charge is 0.123 e. The summed E-state index contributed by atoms with van der Waals surface area (Å²) in [5, 5.41) is 9.48. The molecule has 0 aliphatic carbocycles. The monoisotopic (exact) mass is 211 g/mol. The first-order valence-electron chi connectivity index (χ1n) is 5.31. The average Bonchev–Trinajstić information content (AvgIpc) is 2.27. The van der Waals surface area contributed by atoms with E-state index in [1.165, 1.54) is 12.1 Å². The summed E-state index contributed by atoms with van der Waals surface area (Å²) in [5.41, 5.74) is 6.43. The first-order chi connectivity index (χ1) is 7.17. The van der Waals surface area contributed by atoms with E-state index in [0.717, 1.165) is 12.0 Å². The van der Waals surface area contributed by atoms with Crippen LogP contribution in [0, 0.1) is 5.82 Å². The minimum atomic E-state index is -0.472. The van der Waals surface area contributed by atoms with Crippen molar-refractivity contribution in [2.45, 2.75) is 31.8 Å². The first kappa shape index (κ1) is 12.1. The Bertz CT molecular complexity index is 286. The number of hydrogen-bond acceptors (Lipinski definition) is 2. The molecule has 0 aliphatic rings. The standard InChI is InChI=1S/C12H18FNO/c1-2-9(7-12(15)8-14)10-3-5-11(13)6-4-10/h3-6,9,12,15H,2,7-8,14H2,1H3. The number of aliphatic hydroxyl groups excluding tert-OH is 1. The molecule has 2 nitrogen and oxygen atoms in total. The van der Waals surface area contributed by atoms with Gasteiger partial charge in [-0.05, 0) is 36.5 Å². The molecule has 3 heteroatoms. The lowest BCUT2D eigenvalue weighted by molar-refractivity contribution is 0.162. The van der Waals surface area contributed by atoms with Crippen LogP contribution in [-0.4, -0.2) is 17.8 Å². The van der Waals surface area contributed by atoms with E-state index in [1.807, 2.05) is 0 Å². The first-order valence-corrected chi connectivity index (χ1v) is 5.31. The van der Waals surface area contributed by atoms with Crippen LogP contribution >= 0.6 is 0 Å². The average molecular weight is 211 g/mol. The molecule has 0 amide bonds. The molecule has 0 saturated carbocycles. The maximum Gasteiger partial charge on any atom is 0.123 e. The van der Waals surface area contributed by atoms with E-state index < -0.39 is 6.10 Å². The van der Waals surface area contributed by atoms with Crippen molar-refractivity contribution in [1.29, 1.82) is 0 Å². The van der Waals surface area contributed by atoms with E-state index in [9.17, 15) is 9.50 Å². The second kappa shape index (κ2) is 5.83. The maximum atomic E-state index is 12.7. The molecule has 0 saturated heterocycles. The third-order valence-corrected chi connectivity index (χ3v) is 2.66. The molecule has 1 rings (SSSR count). The van der Waals surface area contributed by atoms with Crippen molar-refractivity contribution in [2.24, 2.45) is 5.73 Å². The molecule has 1 aromatic carbocycles. The fraction of sp³-hybridized carbons (Fsp3) is 0.500. The van der Waals surface area contributed by atoms with E-state index >= 15 is 0 Å². The van der Waals surface area contributed by atoms with Crippen molar-refractivity contribution >= 4 is 0 Å². The van der Waals surface area contributed by atoms with Gasteiger partial charge in [0.2, 0.25) is 0 Å². The zero-order valence-electron chi connectivity index (χ0n) is 8.99. The van der Waals surface area contributed by atoms with Gasteiger partial charge in [0.15, 0.2) is 0 Å². The Morgan fingerprint density at radius 2 is 1.93 bits per heavy atom. The predicted molar refractivity (Wildman–Crippen MR) is 59.1 cm³/mol. The molecule has 0 aliphatic heterocycles. The maximum absolute atomic E-state index is 12.7. The summed E-state index contributed by atoms with van der Waals surface area (Å²) in [7, 11) is 0. The van der Waals surface area contributed by atoms with Gasteiger partial charge in [-0.1, -0.05) is 19.1 Å². The van der Waals surface area contributed by atoms with Crippen molar-refractivity contribution < 1.29 is 9.50 Å². The highest BCUT2D eigenvalue weighted by Gasteiger charge is 2.13. The molecular weight excluding hydrogens is 193 g/mol. The Hall–Kier alpha value is -0.930. The molecule has 3 N–H and O–H groups in total. The van der Waals surface area contributed by atoms with Gasteiger partial charge in [0.25, 0.3) is 0 Å². The number of rotatable bonds is 5. The van der Waals surface area contributed by atoms with Crippen LogP contribution in [0.3, 0.4) is 0 Å². The van der Waals surface area contributed by atoms with E-state index in [4.69, 9.17) is 5.73 Å². The van der Waals surface area contributed by atoms with Crippen LogP contribution < -0.4 is 5.73 Å². The highest BCUT2D eigenvalue weighted by Crippen LogP contribution is 2.24. The zero-order valence-corrected chi connectivity index (χ0v) is 8.99. The van der Waals surface area contributed by atoms with Crippen molar-refractivity contribution in [1.82, 2.24) is 0 Å². The Kier molecular flexibility index (Phi) is 4.72. The Balaban J connectivity index is 2.69. The largest absolute Gasteiger partial charge is 0.392 e. The van der Waals surface area contributed by atoms with Crippen LogP contribution in [0.15, 0.2) is 24.3 Å². The van der Waals surface area contributed by atoms with Crippen molar-refractivity contribution in [2.75, 3.05) is 6.54 Å². The lowest BCUT2D eigenvalue weighted by atomic mass is 9.91. The number of nitrogens with two attached hydrogens (primary N) is 1. The molecule has 0 bridgehead atoms. The van der Waals surface area contributed by atoms with Gasteiger partial charge >= 0.3 is 0 Å². The van der Waals surface area contributed by atoms with Crippen molar-refractivity contribution in [3.8, 4) is 0 Å². The van der Waals surface area contributed by atoms with Gasteiger partial charge in [-0.2, -0.15) is 0 Å². The number of benzene rings is 1. The van der Waals surface area contributed by atoms with Gasteiger partial charge in [0.1, 0.15) is 5.82 Å². The van der Waals surface area contributed by atoms with Gasteiger partial charge in [-0.15, -0.1) is 0 Å². The third-order valence-electron chi connectivity index (χ3n) is 2.66. The van der Waals surface area contributed by atoms with Gasteiger partial charge in [-0.3, -0.25) is 0 Å². The third kappa shape index (κ3) is 3.61. The van der Waals surface area contributed by atoms with Crippen molar-refractivity contribution in [3.63, 3.8) is 0 Å². The van der Waals surface area contributed by atoms with Gasteiger partial charge in [0, 0.05) is 6.54 Å². The summed E-state index contributed by atoms with van der Waals surface area (Å²) < 4.78 is 12.7. The lowest BCUT2D eigenvalue weighted by Crippen LogP contribution is -2.22. The minimum Gasteiger partial charge on any atom is -0.392 e. The molecule has 84 valence electrons. The summed E-state index contributed by atoms with van der Waals surface area (Å²) in [4.78, 5) is 0. The molecule has 2 atom stereocenters. The fourth-order valence-electron chi connectivity index (χ4n) is 1.70. The minimum absolute atomic E-state index is 0.229. The number of aliphatic hydroxyl groups is 1. The van der Waals surface area contributed by atoms with Gasteiger partial charge in [-0.25, -0.2) is 4.39 Å². The normalized spacial score (nSPS) is 14.9. The second-order valence-corrected chi connectivity index (χ2v) is 3.78. The van der Waals surface area contributed by atoms with E-state index in [-0.39, 0.29) is 18.3 Å². The molecule has 0 aromatic heterocycles. The van der Waals surface area contributed by atoms with Gasteiger partial charge < -0.3 is 10.8 Å². The predicted octanol–water partition coefficient (Wildman–Crippen LogP) is 2.03. The van der Waals surface area contributed by atoms with Crippen LogP contribution in [0.2, 0.25) is 0 Å². The van der Waals surface area contributed by atoms with Crippen LogP contribution in [0.5, 0.6) is 0 Å². The fourth-order valence-corrected chi connectivity index (χ4v) is 1.70. The number of halogens is 1. The highest BCUT2D eigenvalue weighted by molar-refractivity contribution is 5.20. The molecule has 0 fully saturated rings. The molecule has 2 unspecified atom stereocenters. The zero-order chi connectivity index (χ0) is 11.3. The quantitative estimate of drug-likeness (QED) is 0.782. The van der Waals surface area contributed by atoms with Gasteiger partial charge in [0.05, 0.1) is 6.10 Å².